The quantitative estimate of drug-likeness (QED) is 0.244. The van der Waals surface area contributed by atoms with Gasteiger partial charge in [0.25, 0.3) is 10.1 Å². The van der Waals surface area contributed by atoms with E-state index in [4.69, 9.17) is 4.18 Å². The second kappa shape index (κ2) is 10.7. The van der Waals surface area contributed by atoms with Gasteiger partial charge in [0.05, 0.1) is 11.0 Å². The average molecular weight is 541 g/mol. The Bertz CT molecular complexity index is 1140. The second-order valence-electron chi connectivity index (χ2n) is 14.5. The molecule has 0 spiro atoms. The maximum atomic E-state index is 13.1. The molecule has 0 bridgehead atoms. The maximum Gasteiger partial charge on any atom is 0.297 e. The van der Waals surface area contributed by atoms with Gasteiger partial charge in [0.15, 0.2) is 0 Å². The highest BCUT2D eigenvalue weighted by atomic mass is 32.2. The summed E-state index contributed by atoms with van der Waals surface area (Å²) in [6, 6.07) is 7.16. The molecule has 0 heterocycles. The molecule has 0 unspecified atom stereocenters. The van der Waals surface area contributed by atoms with Gasteiger partial charge in [0, 0.05) is 0 Å². The molecule has 3 nitrogen and oxygen atoms in total. The van der Waals surface area contributed by atoms with Crippen molar-refractivity contribution in [3.05, 3.63) is 41.5 Å². The Hall–Kier alpha value is -1.13. The van der Waals surface area contributed by atoms with Crippen molar-refractivity contribution in [3.8, 4) is 0 Å². The summed E-state index contributed by atoms with van der Waals surface area (Å²) in [7, 11) is -3.74. The molecule has 4 aliphatic carbocycles. The fourth-order valence-corrected chi connectivity index (χ4v) is 11.1. The lowest BCUT2D eigenvalue weighted by atomic mass is 9.47. The van der Waals surface area contributed by atoms with E-state index >= 15 is 0 Å². The first-order chi connectivity index (χ1) is 18.0. The minimum Gasteiger partial charge on any atom is -0.263 e. The van der Waals surface area contributed by atoms with Gasteiger partial charge >= 0.3 is 0 Å². The van der Waals surface area contributed by atoms with Crippen LogP contribution in [0.1, 0.15) is 111 Å². The Balaban J connectivity index is 1.28. The first kappa shape index (κ1) is 28.4. The topological polar surface area (TPSA) is 43.4 Å². The van der Waals surface area contributed by atoms with E-state index in [2.05, 4.69) is 40.7 Å². The van der Waals surface area contributed by atoms with Gasteiger partial charge in [0.2, 0.25) is 0 Å². The van der Waals surface area contributed by atoms with E-state index in [-0.39, 0.29) is 11.5 Å². The highest BCUT2D eigenvalue weighted by Crippen LogP contribution is 2.67. The van der Waals surface area contributed by atoms with Crippen LogP contribution in [-0.2, 0) is 14.3 Å². The van der Waals surface area contributed by atoms with Crippen molar-refractivity contribution in [3.63, 3.8) is 0 Å². The first-order valence-electron chi connectivity index (χ1n) is 15.6. The van der Waals surface area contributed by atoms with Crippen LogP contribution in [0, 0.1) is 53.3 Å². The summed E-state index contributed by atoms with van der Waals surface area (Å²) in [6.45, 7) is 14.3. The minimum absolute atomic E-state index is 0.206. The van der Waals surface area contributed by atoms with Crippen LogP contribution in [0.25, 0.3) is 0 Å². The summed E-state index contributed by atoms with van der Waals surface area (Å²) >= 11 is 0. The van der Waals surface area contributed by atoms with E-state index in [0.29, 0.717) is 10.3 Å². The van der Waals surface area contributed by atoms with E-state index in [1.54, 1.807) is 12.1 Å². The highest BCUT2D eigenvalue weighted by Gasteiger charge is 2.59. The van der Waals surface area contributed by atoms with Crippen molar-refractivity contribution in [2.75, 3.05) is 0 Å². The smallest absolute Gasteiger partial charge is 0.263 e. The Morgan fingerprint density at radius 2 is 1.74 bits per heavy atom. The number of hydrogen-bond donors (Lipinski definition) is 0. The van der Waals surface area contributed by atoms with Gasteiger partial charge in [-0.05, 0) is 116 Å². The van der Waals surface area contributed by atoms with E-state index in [0.717, 1.165) is 60.3 Å². The molecule has 3 fully saturated rings. The number of fused-ring (bicyclic) bond motifs is 5. The lowest BCUT2D eigenvalue weighted by molar-refractivity contribution is -0.0556. The molecule has 0 saturated heterocycles. The summed E-state index contributed by atoms with van der Waals surface area (Å²) in [6.07, 6.45) is 15.8. The van der Waals surface area contributed by atoms with Crippen molar-refractivity contribution in [1.29, 1.82) is 0 Å². The molecule has 0 aliphatic heterocycles. The molecule has 3 saturated carbocycles. The van der Waals surface area contributed by atoms with Crippen molar-refractivity contribution < 1.29 is 12.6 Å². The van der Waals surface area contributed by atoms with Crippen LogP contribution in [0.2, 0.25) is 0 Å². The Morgan fingerprint density at radius 1 is 0.974 bits per heavy atom. The largest absolute Gasteiger partial charge is 0.297 e. The van der Waals surface area contributed by atoms with Crippen LogP contribution in [0.15, 0.2) is 40.8 Å². The van der Waals surface area contributed by atoms with E-state index < -0.39 is 10.1 Å². The summed E-state index contributed by atoms with van der Waals surface area (Å²) in [5.74, 6) is 4.93. The lowest BCUT2D eigenvalue weighted by Crippen LogP contribution is -2.51. The molecule has 0 N–H and O–H groups in total. The molecule has 1 aromatic carbocycles. The van der Waals surface area contributed by atoms with Crippen LogP contribution >= 0.6 is 0 Å². The van der Waals surface area contributed by atoms with Crippen LogP contribution in [0.4, 0.5) is 0 Å². The normalized spacial score (nSPS) is 37.8. The third kappa shape index (κ3) is 5.06. The molecule has 8 atom stereocenters. The predicted molar refractivity (Wildman–Crippen MR) is 156 cm³/mol. The molecule has 212 valence electrons. The number of hydrogen-bond acceptors (Lipinski definition) is 3. The Morgan fingerprint density at radius 3 is 2.47 bits per heavy atom. The van der Waals surface area contributed by atoms with Gasteiger partial charge in [-0.2, -0.15) is 8.42 Å². The van der Waals surface area contributed by atoms with Crippen molar-refractivity contribution in [2.24, 2.45) is 46.3 Å². The second-order valence-corrected chi connectivity index (χ2v) is 16.0. The molecule has 0 radical (unpaired) electrons. The van der Waals surface area contributed by atoms with Crippen molar-refractivity contribution >= 4 is 10.1 Å². The Kier molecular flexibility index (Phi) is 7.99. The lowest BCUT2D eigenvalue weighted by Gasteiger charge is -2.58. The van der Waals surface area contributed by atoms with E-state index in [1.165, 1.54) is 56.9 Å². The van der Waals surface area contributed by atoms with Crippen LogP contribution in [-0.4, -0.2) is 14.5 Å². The number of aryl methyl sites for hydroxylation is 1. The average Bonchev–Trinajstić information content (AvgIpc) is 3.21. The zero-order valence-corrected chi connectivity index (χ0v) is 25.7. The number of rotatable bonds is 8. The molecular formula is C34H52O3S. The van der Waals surface area contributed by atoms with Crippen molar-refractivity contribution in [2.45, 2.75) is 123 Å². The van der Waals surface area contributed by atoms with Gasteiger partial charge in [-0.1, -0.05) is 83.7 Å². The van der Waals surface area contributed by atoms with E-state index in [9.17, 15) is 8.42 Å². The molecule has 5 rings (SSSR count). The summed E-state index contributed by atoms with van der Waals surface area (Å²) < 4.78 is 32.1. The summed E-state index contributed by atoms with van der Waals surface area (Å²) in [5, 5.41) is 0. The number of allylic oxidation sites excluding steroid dienone is 1. The predicted octanol–water partition coefficient (Wildman–Crippen LogP) is 9.11. The van der Waals surface area contributed by atoms with Gasteiger partial charge < -0.3 is 0 Å². The Labute approximate surface area is 233 Å². The highest BCUT2D eigenvalue weighted by molar-refractivity contribution is 7.86. The number of benzene rings is 1. The molecule has 0 amide bonds. The van der Waals surface area contributed by atoms with Gasteiger partial charge in [0.1, 0.15) is 0 Å². The molecule has 4 aliphatic rings. The van der Waals surface area contributed by atoms with Gasteiger partial charge in [-0.25, -0.2) is 0 Å². The van der Waals surface area contributed by atoms with E-state index in [1.807, 2.05) is 19.1 Å². The van der Waals surface area contributed by atoms with Crippen LogP contribution in [0.5, 0.6) is 0 Å². The van der Waals surface area contributed by atoms with Crippen LogP contribution < -0.4 is 0 Å². The fourth-order valence-electron chi connectivity index (χ4n) is 9.80. The maximum absolute atomic E-state index is 13.1. The molecule has 38 heavy (non-hydrogen) atoms. The monoisotopic (exact) mass is 540 g/mol. The standard InChI is InChI=1S/C34H52O3S/c1-23(2)10-9-12-24(3)29-16-17-30-28-15-14-26-22-27(37-38(35,36)32-13-8-7-11-25(32)4)18-20-33(26,5)31(28)19-21-34(29,30)6/h7-8,11,13-14,23-24,27-31H,9-10,12,15-22H2,1-6H3/t24-,27+,28+,29-,30+,31+,33+,34-/m1/s1. The van der Waals surface area contributed by atoms with Crippen molar-refractivity contribution in [1.82, 2.24) is 0 Å². The van der Waals surface area contributed by atoms with Crippen LogP contribution in [0.3, 0.4) is 0 Å². The molecule has 0 aromatic heterocycles. The molecule has 1 aromatic rings. The third-order valence-electron chi connectivity index (χ3n) is 11.9. The third-order valence-corrected chi connectivity index (χ3v) is 13.4. The zero-order chi connectivity index (χ0) is 27.3. The summed E-state index contributed by atoms with van der Waals surface area (Å²) in [5.41, 5.74) is 2.94. The zero-order valence-electron chi connectivity index (χ0n) is 24.8. The van der Waals surface area contributed by atoms with Gasteiger partial charge in [-0.15, -0.1) is 0 Å². The minimum atomic E-state index is -3.74. The van der Waals surface area contributed by atoms with Gasteiger partial charge in [-0.3, -0.25) is 4.18 Å². The molecule has 4 heteroatoms. The fraction of sp³-hybridized carbons (Fsp3) is 0.765. The summed E-state index contributed by atoms with van der Waals surface area (Å²) in [4.78, 5) is 0.312. The molecular weight excluding hydrogens is 488 g/mol. The SMILES string of the molecule is Cc1ccccc1S(=O)(=O)O[C@H]1CC[C@@]2(C)C(=CC[C@H]3[C@@H]4CC[C@H]([C@H](C)CCCC(C)C)[C@@]4(C)CC[C@@H]32)C1. The first-order valence-corrected chi connectivity index (χ1v) is 17.0.